The predicted molar refractivity (Wildman–Crippen MR) is 281 cm³/mol. The number of nitrogens with zero attached hydrogens (tertiary/aromatic N) is 2. The van der Waals surface area contributed by atoms with Crippen LogP contribution in [0.1, 0.15) is 285 Å². The first-order chi connectivity index (χ1) is 32.1. The van der Waals surface area contributed by atoms with Gasteiger partial charge in [0.1, 0.15) is 0 Å². The molecule has 0 aromatic heterocycles. The number of esters is 1. The molecule has 1 saturated carbocycles. The first-order valence-electron chi connectivity index (χ1n) is 29.5. The maximum Gasteiger partial charge on any atom is 0.305 e. The van der Waals surface area contributed by atoms with Gasteiger partial charge in [-0.15, -0.1) is 0 Å². The second-order valence-electron chi connectivity index (χ2n) is 20.7. The molecule has 7 heteroatoms. The lowest BCUT2D eigenvalue weighted by Gasteiger charge is -2.33. The van der Waals surface area contributed by atoms with E-state index in [0.29, 0.717) is 31.6 Å². The molecule has 0 aromatic rings. The fraction of sp³-hybridized carbons (Fsp3) is 0.983. The van der Waals surface area contributed by atoms with Crippen LogP contribution in [0.4, 0.5) is 0 Å². The van der Waals surface area contributed by atoms with E-state index in [9.17, 15) is 9.90 Å². The van der Waals surface area contributed by atoms with E-state index in [2.05, 4.69) is 37.5 Å². The number of ether oxygens (including phenoxy) is 3. The van der Waals surface area contributed by atoms with Gasteiger partial charge in [-0.3, -0.25) is 14.6 Å². The average Bonchev–Trinajstić information content (AvgIpc) is 3.86. The zero-order chi connectivity index (χ0) is 46.9. The molecule has 388 valence electrons. The van der Waals surface area contributed by atoms with Crippen LogP contribution in [-0.2, 0) is 19.0 Å². The third-order valence-electron chi connectivity index (χ3n) is 14.5. The molecule has 2 unspecified atom stereocenters. The smallest absolute Gasteiger partial charge is 0.305 e. The Labute approximate surface area is 406 Å². The first-order valence-corrected chi connectivity index (χ1v) is 29.5. The monoisotopic (exact) mass is 921 g/mol. The summed E-state index contributed by atoms with van der Waals surface area (Å²) in [7, 11) is 0. The van der Waals surface area contributed by atoms with Crippen molar-refractivity contribution in [2.75, 3.05) is 65.8 Å². The molecule has 7 nitrogen and oxygen atoms in total. The molecular formula is C58H116N2O5. The maximum atomic E-state index is 13.0. The van der Waals surface area contributed by atoms with Gasteiger partial charge in [-0.2, -0.15) is 0 Å². The van der Waals surface area contributed by atoms with Crippen LogP contribution in [0.3, 0.4) is 0 Å². The Kier molecular flexibility index (Phi) is 47.6. The summed E-state index contributed by atoms with van der Waals surface area (Å²) >= 11 is 0. The quantitative estimate of drug-likeness (QED) is 0.0481. The van der Waals surface area contributed by atoms with Crippen molar-refractivity contribution in [3.8, 4) is 0 Å². The van der Waals surface area contributed by atoms with Gasteiger partial charge in [0.25, 0.3) is 0 Å². The molecule has 0 amide bonds. The molecule has 0 saturated heterocycles. The minimum absolute atomic E-state index is 0.000403. The molecule has 65 heavy (non-hydrogen) atoms. The highest BCUT2D eigenvalue weighted by Crippen LogP contribution is 2.24. The highest BCUT2D eigenvalue weighted by atomic mass is 16.5. The molecule has 0 aromatic carbocycles. The standard InChI is InChI=1S/C58H116N2O5/c1-5-9-13-17-20-22-24-26-29-38-50-63-54-57(64-51-39-30-27-25-23-21-18-14-10-6-2)52-59(46-47-60(48-49-61)56-42-35-36-43-56)45-37-31-34-44-58(62)65-53-55(40-32-16-12-8-4)41-33-28-19-15-11-7-3/h55-57,61H,5-54H2,1-4H3. The van der Waals surface area contributed by atoms with Crippen LogP contribution in [0, 0.1) is 5.92 Å². The summed E-state index contributed by atoms with van der Waals surface area (Å²) in [4.78, 5) is 18.2. The molecule has 0 bridgehead atoms. The Hall–Kier alpha value is -0.730. The molecule has 1 N–H and O–H groups in total. The number of hydrogen-bond acceptors (Lipinski definition) is 7. The van der Waals surface area contributed by atoms with Crippen LogP contribution in [-0.4, -0.2) is 98.8 Å². The van der Waals surface area contributed by atoms with Crippen LogP contribution in [0.15, 0.2) is 0 Å². The second kappa shape index (κ2) is 49.7. The van der Waals surface area contributed by atoms with Crippen molar-refractivity contribution in [1.29, 1.82) is 0 Å². The molecular weight excluding hydrogens is 805 g/mol. The third-order valence-corrected chi connectivity index (χ3v) is 14.5. The summed E-state index contributed by atoms with van der Waals surface area (Å²) in [6.45, 7) is 16.9. The number of aliphatic hydroxyl groups excluding tert-OH is 1. The van der Waals surface area contributed by atoms with Crippen molar-refractivity contribution in [1.82, 2.24) is 9.80 Å². The van der Waals surface area contributed by atoms with Gasteiger partial charge in [0.2, 0.25) is 0 Å². The first kappa shape index (κ1) is 62.3. The van der Waals surface area contributed by atoms with Gasteiger partial charge in [0, 0.05) is 51.9 Å². The SMILES string of the molecule is CCCCCCCCCCCCOCC(CN(CCCCCC(=O)OCC(CCCCCC)CCCCCCCC)CCN(CCO)C1CCCC1)OCCCCCCCCCCCC. The van der Waals surface area contributed by atoms with E-state index in [1.54, 1.807) is 0 Å². The number of carbonyl (C=O) groups is 1. The van der Waals surface area contributed by atoms with Crippen LogP contribution in [0.5, 0.6) is 0 Å². The summed E-state index contributed by atoms with van der Waals surface area (Å²) in [5, 5.41) is 10.00. The summed E-state index contributed by atoms with van der Waals surface area (Å²) in [6, 6.07) is 0.601. The van der Waals surface area contributed by atoms with Gasteiger partial charge in [-0.05, 0) is 63.8 Å². The molecule has 0 radical (unpaired) electrons. The molecule has 1 aliphatic rings. The summed E-state index contributed by atoms with van der Waals surface area (Å²) in [6.07, 6.45) is 50.9. The van der Waals surface area contributed by atoms with E-state index in [0.717, 1.165) is 78.0 Å². The van der Waals surface area contributed by atoms with Crippen LogP contribution in [0.25, 0.3) is 0 Å². The fourth-order valence-electron chi connectivity index (χ4n) is 10.1. The van der Waals surface area contributed by atoms with Gasteiger partial charge in [0.15, 0.2) is 0 Å². The Bertz CT molecular complexity index is 947. The summed E-state index contributed by atoms with van der Waals surface area (Å²) < 4.78 is 19.1. The Morgan fingerprint density at radius 3 is 1.49 bits per heavy atom. The van der Waals surface area contributed by atoms with E-state index in [1.807, 2.05) is 0 Å². The Balaban J connectivity index is 2.73. The van der Waals surface area contributed by atoms with Gasteiger partial charge >= 0.3 is 5.97 Å². The van der Waals surface area contributed by atoms with Crippen molar-refractivity contribution in [2.45, 2.75) is 297 Å². The average molecular weight is 922 g/mol. The van der Waals surface area contributed by atoms with Crippen molar-refractivity contribution >= 4 is 5.97 Å². The zero-order valence-electron chi connectivity index (χ0n) is 44.6. The lowest BCUT2D eigenvalue weighted by molar-refractivity contribution is -0.145. The van der Waals surface area contributed by atoms with Crippen LogP contribution < -0.4 is 0 Å². The normalized spacial score (nSPS) is 14.3. The number of unbranched alkanes of at least 4 members (excludes halogenated alkanes) is 28. The largest absolute Gasteiger partial charge is 0.465 e. The van der Waals surface area contributed by atoms with Gasteiger partial charge < -0.3 is 19.3 Å². The molecule has 1 rings (SSSR count). The van der Waals surface area contributed by atoms with Crippen LogP contribution in [0.2, 0.25) is 0 Å². The summed E-state index contributed by atoms with van der Waals surface area (Å²) in [5.74, 6) is 0.517. The van der Waals surface area contributed by atoms with E-state index in [4.69, 9.17) is 14.2 Å². The zero-order valence-corrected chi connectivity index (χ0v) is 44.6. The predicted octanol–water partition coefficient (Wildman–Crippen LogP) is 16.2. The minimum Gasteiger partial charge on any atom is -0.465 e. The van der Waals surface area contributed by atoms with Gasteiger partial charge in [-0.25, -0.2) is 0 Å². The van der Waals surface area contributed by atoms with Gasteiger partial charge in [0.05, 0.1) is 25.9 Å². The van der Waals surface area contributed by atoms with E-state index in [1.165, 1.54) is 218 Å². The highest BCUT2D eigenvalue weighted by Gasteiger charge is 2.24. The molecule has 0 aliphatic heterocycles. The van der Waals surface area contributed by atoms with Crippen molar-refractivity contribution in [2.24, 2.45) is 5.92 Å². The maximum absolute atomic E-state index is 13.0. The fourth-order valence-corrected chi connectivity index (χ4v) is 10.1. The number of rotatable bonds is 53. The van der Waals surface area contributed by atoms with Crippen molar-refractivity contribution < 1.29 is 24.1 Å². The van der Waals surface area contributed by atoms with Crippen LogP contribution >= 0.6 is 0 Å². The van der Waals surface area contributed by atoms with E-state index >= 15 is 0 Å². The number of aliphatic hydroxyl groups is 1. The lowest BCUT2D eigenvalue weighted by Crippen LogP contribution is -2.44. The van der Waals surface area contributed by atoms with E-state index in [-0.39, 0.29) is 18.7 Å². The topological polar surface area (TPSA) is 71.5 Å². The Morgan fingerprint density at radius 2 is 0.969 bits per heavy atom. The third kappa shape index (κ3) is 40.8. The van der Waals surface area contributed by atoms with Crippen molar-refractivity contribution in [3.63, 3.8) is 0 Å². The molecule has 0 spiro atoms. The lowest BCUT2D eigenvalue weighted by atomic mass is 9.95. The number of hydrogen-bond donors (Lipinski definition) is 1. The Morgan fingerprint density at radius 1 is 0.508 bits per heavy atom. The van der Waals surface area contributed by atoms with E-state index < -0.39 is 0 Å². The minimum atomic E-state index is -0.000403. The molecule has 2 atom stereocenters. The molecule has 0 heterocycles. The second-order valence-corrected chi connectivity index (χ2v) is 20.7. The van der Waals surface area contributed by atoms with Gasteiger partial charge in [-0.1, -0.05) is 227 Å². The van der Waals surface area contributed by atoms with Crippen molar-refractivity contribution in [3.05, 3.63) is 0 Å². The molecule has 1 aliphatic carbocycles. The summed E-state index contributed by atoms with van der Waals surface area (Å²) in [5.41, 5.74) is 0. The highest BCUT2D eigenvalue weighted by molar-refractivity contribution is 5.69. The number of carbonyl (C=O) groups excluding carboxylic acids is 1. The molecule has 1 fully saturated rings.